The van der Waals surface area contributed by atoms with Crippen molar-refractivity contribution in [2.75, 3.05) is 13.2 Å². The molecule has 0 radical (unpaired) electrons. The van der Waals surface area contributed by atoms with E-state index in [0.717, 1.165) is 18.4 Å². The second kappa shape index (κ2) is 13.8. The van der Waals surface area contributed by atoms with Gasteiger partial charge in [0.1, 0.15) is 0 Å². The summed E-state index contributed by atoms with van der Waals surface area (Å²) >= 11 is 0. The predicted octanol–water partition coefficient (Wildman–Crippen LogP) is 4.17. The van der Waals surface area contributed by atoms with Crippen molar-refractivity contribution in [3.63, 3.8) is 0 Å². The van der Waals surface area contributed by atoms with Crippen LogP contribution < -0.4 is 0 Å². The molecule has 0 fully saturated rings. The topological polar surface area (TPSA) is 52.6 Å². The number of ether oxygens (including phenoxy) is 2. The molecular formula is C19H30O4. The average Bonchev–Trinajstić information content (AvgIpc) is 2.52. The van der Waals surface area contributed by atoms with Gasteiger partial charge in [-0.15, -0.1) is 0 Å². The SMILES string of the molecule is CCCOC(=O)CC(C)C.CCCOC(=O)Cc1ccccc1. The summed E-state index contributed by atoms with van der Waals surface area (Å²) in [6.07, 6.45) is 2.70. The summed E-state index contributed by atoms with van der Waals surface area (Å²) in [7, 11) is 0. The highest BCUT2D eigenvalue weighted by Gasteiger charge is 2.04. The van der Waals surface area contributed by atoms with Crippen LogP contribution in [0, 0.1) is 5.92 Å². The molecule has 0 amide bonds. The number of carbonyl (C=O) groups is 2. The summed E-state index contributed by atoms with van der Waals surface area (Å²) in [6, 6.07) is 9.62. The van der Waals surface area contributed by atoms with Crippen molar-refractivity contribution >= 4 is 11.9 Å². The van der Waals surface area contributed by atoms with Crippen molar-refractivity contribution in [1.82, 2.24) is 0 Å². The van der Waals surface area contributed by atoms with Gasteiger partial charge in [-0.1, -0.05) is 58.0 Å². The number of hydrogen-bond donors (Lipinski definition) is 0. The maximum atomic E-state index is 11.1. The van der Waals surface area contributed by atoms with Crippen LogP contribution in [0.25, 0.3) is 0 Å². The van der Waals surface area contributed by atoms with Crippen molar-refractivity contribution in [2.45, 2.75) is 53.4 Å². The number of hydrogen-bond acceptors (Lipinski definition) is 4. The number of carbonyl (C=O) groups excluding carboxylic acids is 2. The Morgan fingerprint density at radius 1 is 0.913 bits per heavy atom. The summed E-state index contributed by atoms with van der Waals surface area (Å²) in [5.74, 6) is 0.189. The molecular weight excluding hydrogens is 292 g/mol. The molecule has 0 aliphatic rings. The Hall–Kier alpha value is -1.84. The minimum Gasteiger partial charge on any atom is -0.466 e. The fraction of sp³-hybridized carbons (Fsp3) is 0.579. The molecule has 1 rings (SSSR count). The van der Waals surface area contributed by atoms with Gasteiger partial charge in [0.25, 0.3) is 0 Å². The van der Waals surface area contributed by atoms with Gasteiger partial charge in [-0.3, -0.25) is 9.59 Å². The maximum absolute atomic E-state index is 11.1. The normalized spacial score (nSPS) is 9.78. The first-order chi connectivity index (χ1) is 11.0. The molecule has 1 aromatic rings. The van der Waals surface area contributed by atoms with E-state index in [1.807, 2.05) is 58.0 Å². The van der Waals surface area contributed by atoms with Gasteiger partial charge < -0.3 is 9.47 Å². The largest absolute Gasteiger partial charge is 0.466 e. The number of esters is 2. The van der Waals surface area contributed by atoms with Crippen molar-refractivity contribution in [2.24, 2.45) is 5.92 Å². The van der Waals surface area contributed by atoms with Crippen LogP contribution in [0.2, 0.25) is 0 Å². The molecule has 0 heterocycles. The molecule has 0 saturated heterocycles. The maximum Gasteiger partial charge on any atom is 0.310 e. The second-order valence-electron chi connectivity index (χ2n) is 5.70. The monoisotopic (exact) mass is 322 g/mol. The van der Waals surface area contributed by atoms with Gasteiger partial charge in [-0.2, -0.15) is 0 Å². The first-order valence-electron chi connectivity index (χ1n) is 8.34. The van der Waals surface area contributed by atoms with E-state index >= 15 is 0 Å². The van der Waals surface area contributed by atoms with Gasteiger partial charge in [0.15, 0.2) is 0 Å². The van der Waals surface area contributed by atoms with Crippen LogP contribution >= 0.6 is 0 Å². The minimum absolute atomic E-state index is 0.0724. The summed E-state index contributed by atoms with van der Waals surface area (Å²) in [5, 5.41) is 0. The summed E-state index contributed by atoms with van der Waals surface area (Å²) in [5.41, 5.74) is 1.00. The first kappa shape index (κ1) is 21.2. The van der Waals surface area contributed by atoms with Gasteiger partial charge in [-0.05, 0) is 24.3 Å². The van der Waals surface area contributed by atoms with Crippen LogP contribution in [-0.2, 0) is 25.5 Å². The zero-order valence-corrected chi connectivity index (χ0v) is 14.8. The van der Waals surface area contributed by atoms with E-state index in [2.05, 4.69) is 0 Å². The molecule has 0 spiro atoms. The Morgan fingerprint density at radius 2 is 1.43 bits per heavy atom. The highest BCUT2D eigenvalue weighted by Crippen LogP contribution is 2.01. The quantitative estimate of drug-likeness (QED) is 0.674. The highest BCUT2D eigenvalue weighted by molar-refractivity contribution is 5.72. The molecule has 0 aliphatic heterocycles. The molecule has 130 valence electrons. The average molecular weight is 322 g/mol. The minimum atomic E-state index is -0.145. The summed E-state index contributed by atoms with van der Waals surface area (Å²) < 4.78 is 9.82. The molecule has 0 unspecified atom stereocenters. The molecule has 0 N–H and O–H groups in total. The van der Waals surface area contributed by atoms with Crippen LogP contribution in [0.3, 0.4) is 0 Å². The Bertz CT molecular complexity index is 426. The van der Waals surface area contributed by atoms with Gasteiger partial charge in [0.2, 0.25) is 0 Å². The third kappa shape index (κ3) is 13.5. The Labute approximate surface area is 140 Å². The highest BCUT2D eigenvalue weighted by atomic mass is 16.5. The lowest BCUT2D eigenvalue weighted by molar-refractivity contribution is -0.144. The lowest BCUT2D eigenvalue weighted by Gasteiger charge is -2.03. The zero-order chi connectivity index (χ0) is 17.5. The molecule has 4 nitrogen and oxygen atoms in total. The zero-order valence-electron chi connectivity index (χ0n) is 14.8. The number of benzene rings is 1. The van der Waals surface area contributed by atoms with Crippen LogP contribution in [-0.4, -0.2) is 25.2 Å². The van der Waals surface area contributed by atoms with Crippen molar-refractivity contribution in [3.05, 3.63) is 35.9 Å². The van der Waals surface area contributed by atoms with Crippen molar-refractivity contribution in [3.8, 4) is 0 Å². The Morgan fingerprint density at radius 3 is 1.91 bits per heavy atom. The van der Waals surface area contributed by atoms with Crippen LogP contribution in [0.5, 0.6) is 0 Å². The van der Waals surface area contributed by atoms with Crippen LogP contribution in [0.1, 0.15) is 52.5 Å². The summed E-state index contributed by atoms with van der Waals surface area (Å²) in [4.78, 5) is 21.9. The van der Waals surface area contributed by atoms with E-state index in [0.29, 0.717) is 32.0 Å². The molecule has 0 atom stereocenters. The van der Waals surface area contributed by atoms with Crippen molar-refractivity contribution < 1.29 is 19.1 Å². The molecule has 0 aliphatic carbocycles. The van der Waals surface area contributed by atoms with E-state index in [-0.39, 0.29) is 11.9 Å². The van der Waals surface area contributed by atoms with E-state index < -0.39 is 0 Å². The van der Waals surface area contributed by atoms with E-state index in [9.17, 15) is 9.59 Å². The van der Waals surface area contributed by atoms with Crippen molar-refractivity contribution in [1.29, 1.82) is 0 Å². The Kier molecular flexibility index (Phi) is 12.7. The van der Waals surface area contributed by atoms with Gasteiger partial charge >= 0.3 is 11.9 Å². The third-order valence-corrected chi connectivity index (χ3v) is 2.70. The molecule has 0 saturated carbocycles. The standard InChI is InChI=1S/C11H14O2.C8H16O2/c1-2-8-13-11(12)9-10-6-4-3-5-7-10;1-4-5-10-8(9)6-7(2)3/h3-7H,2,8-9H2,1H3;7H,4-6H2,1-3H3. The smallest absolute Gasteiger partial charge is 0.310 e. The van der Waals surface area contributed by atoms with E-state index in [1.165, 1.54) is 0 Å². The van der Waals surface area contributed by atoms with Gasteiger partial charge in [0.05, 0.1) is 19.6 Å². The van der Waals surface area contributed by atoms with E-state index in [1.54, 1.807) is 0 Å². The molecule has 4 heteroatoms. The van der Waals surface area contributed by atoms with Crippen LogP contribution in [0.15, 0.2) is 30.3 Å². The molecule has 0 aromatic heterocycles. The summed E-state index contributed by atoms with van der Waals surface area (Å²) in [6.45, 7) is 9.07. The number of rotatable bonds is 8. The lowest BCUT2D eigenvalue weighted by Crippen LogP contribution is -2.08. The lowest BCUT2D eigenvalue weighted by atomic mass is 10.1. The van der Waals surface area contributed by atoms with E-state index in [4.69, 9.17) is 9.47 Å². The molecule has 1 aromatic carbocycles. The molecule has 0 bridgehead atoms. The third-order valence-electron chi connectivity index (χ3n) is 2.70. The Balaban J connectivity index is 0.000000438. The van der Waals surface area contributed by atoms with Crippen LogP contribution in [0.4, 0.5) is 0 Å². The fourth-order valence-electron chi connectivity index (χ4n) is 1.64. The van der Waals surface area contributed by atoms with Gasteiger partial charge in [0, 0.05) is 6.42 Å². The van der Waals surface area contributed by atoms with Gasteiger partial charge in [-0.25, -0.2) is 0 Å². The first-order valence-corrected chi connectivity index (χ1v) is 8.34. The second-order valence-corrected chi connectivity index (χ2v) is 5.70. The predicted molar refractivity (Wildman–Crippen MR) is 92.1 cm³/mol. The fourth-order valence-corrected chi connectivity index (χ4v) is 1.64. The molecule has 23 heavy (non-hydrogen) atoms.